The summed E-state index contributed by atoms with van der Waals surface area (Å²) in [6, 6.07) is 0. The highest BCUT2D eigenvalue weighted by Gasteiger charge is 2.22. The molecule has 0 amide bonds. The van der Waals surface area contributed by atoms with Gasteiger partial charge >= 0.3 is 6.16 Å². The molecule has 0 aliphatic carbocycles. The van der Waals surface area contributed by atoms with E-state index in [1.54, 1.807) is 0 Å². The first-order chi connectivity index (χ1) is 6.47. The molecule has 1 N–H and O–H groups in total. The van der Waals surface area contributed by atoms with Crippen molar-refractivity contribution in [3.8, 4) is 0 Å². The van der Waals surface area contributed by atoms with Crippen LogP contribution in [0.25, 0.3) is 0 Å². The Morgan fingerprint density at radius 3 is 2.36 bits per heavy atom. The zero-order valence-electron chi connectivity index (χ0n) is 9.13. The fourth-order valence-corrected chi connectivity index (χ4v) is 1.32. The van der Waals surface area contributed by atoms with E-state index in [1.807, 2.05) is 20.8 Å². The fraction of sp³-hybridized carbons (Fsp3) is 0.900. The van der Waals surface area contributed by atoms with Gasteiger partial charge in [-0.25, -0.2) is 4.79 Å². The van der Waals surface area contributed by atoms with Crippen molar-refractivity contribution >= 4 is 6.16 Å². The highest BCUT2D eigenvalue weighted by atomic mass is 16.7. The first-order valence-electron chi connectivity index (χ1n) is 5.08. The van der Waals surface area contributed by atoms with Gasteiger partial charge in [0, 0.05) is 0 Å². The van der Waals surface area contributed by atoms with Gasteiger partial charge in [0.2, 0.25) is 0 Å². The minimum atomic E-state index is -0.551. The van der Waals surface area contributed by atoms with Crippen molar-refractivity contribution in [2.24, 2.45) is 0 Å². The second-order valence-corrected chi connectivity index (χ2v) is 4.53. The minimum absolute atomic E-state index is 0.0195. The summed E-state index contributed by atoms with van der Waals surface area (Å²) in [4.78, 5) is 11.3. The molecule has 1 aliphatic heterocycles. The van der Waals surface area contributed by atoms with Crippen LogP contribution in [-0.2, 0) is 9.47 Å². The van der Waals surface area contributed by atoms with Gasteiger partial charge in [-0.05, 0) is 46.7 Å². The Morgan fingerprint density at radius 2 is 1.86 bits per heavy atom. The van der Waals surface area contributed by atoms with E-state index in [0.717, 1.165) is 25.9 Å². The van der Waals surface area contributed by atoms with Crippen LogP contribution in [0.3, 0.4) is 0 Å². The standard InChI is InChI=1S/C10H19NO3/c1-10(2,3)14-9(12)13-8-4-6-11-7-5-8/h8,11H,4-7H2,1-3H3. The molecule has 0 aromatic rings. The van der Waals surface area contributed by atoms with E-state index < -0.39 is 11.8 Å². The third-order valence-electron chi connectivity index (χ3n) is 1.94. The van der Waals surface area contributed by atoms with Crippen LogP contribution in [0.5, 0.6) is 0 Å². The summed E-state index contributed by atoms with van der Waals surface area (Å²) in [5.41, 5.74) is -0.468. The second kappa shape index (κ2) is 4.64. The topological polar surface area (TPSA) is 47.6 Å². The van der Waals surface area contributed by atoms with Gasteiger partial charge in [0.15, 0.2) is 0 Å². The van der Waals surface area contributed by atoms with Crippen LogP contribution >= 0.6 is 0 Å². The average Bonchev–Trinajstić information content (AvgIpc) is 2.02. The molecule has 1 heterocycles. The van der Waals surface area contributed by atoms with Gasteiger partial charge in [-0.3, -0.25) is 0 Å². The molecule has 82 valence electrons. The number of hydrogen-bond acceptors (Lipinski definition) is 4. The molecule has 4 nitrogen and oxygen atoms in total. The molecule has 1 saturated heterocycles. The molecule has 4 heteroatoms. The summed E-state index contributed by atoms with van der Waals surface area (Å²) >= 11 is 0. The number of hydrogen-bond donors (Lipinski definition) is 1. The maximum atomic E-state index is 11.3. The normalized spacial score (nSPS) is 19.1. The average molecular weight is 201 g/mol. The van der Waals surface area contributed by atoms with E-state index in [2.05, 4.69) is 5.32 Å². The largest absolute Gasteiger partial charge is 0.509 e. The van der Waals surface area contributed by atoms with Crippen molar-refractivity contribution in [1.29, 1.82) is 0 Å². The predicted octanol–water partition coefficient (Wildman–Crippen LogP) is 1.69. The number of piperidine rings is 1. The Kier molecular flexibility index (Phi) is 3.75. The summed E-state index contributed by atoms with van der Waals surface area (Å²) in [5, 5.41) is 3.20. The van der Waals surface area contributed by atoms with Crippen LogP contribution in [0.4, 0.5) is 4.79 Å². The molecule has 0 atom stereocenters. The highest BCUT2D eigenvalue weighted by Crippen LogP contribution is 2.12. The molecular weight excluding hydrogens is 182 g/mol. The van der Waals surface area contributed by atoms with Crippen molar-refractivity contribution in [3.63, 3.8) is 0 Å². The Bertz CT molecular complexity index is 192. The molecular formula is C10H19NO3. The van der Waals surface area contributed by atoms with Gasteiger partial charge < -0.3 is 14.8 Å². The zero-order valence-corrected chi connectivity index (χ0v) is 9.13. The maximum Gasteiger partial charge on any atom is 0.509 e. The molecule has 1 fully saturated rings. The van der Waals surface area contributed by atoms with Gasteiger partial charge in [-0.1, -0.05) is 0 Å². The number of ether oxygens (including phenoxy) is 2. The Balaban J connectivity index is 2.25. The molecule has 0 spiro atoms. The first-order valence-corrected chi connectivity index (χ1v) is 5.08. The monoisotopic (exact) mass is 201 g/mol. The first kappa shape index (κ1) is 11.3. The smallest absolute Gasteiger partial charge is 0.431 e. The third kappa shape index (κ3) is 4.46. The molecule has 0 unspecified atom stereocenters. The highest BCUT2D eigenvalue weighted by molar-refractivity contribution is 5.60. The van der Waals surface area contributed by atoms with E-state index in [1.165, 1.54) is 0 Å². The molecule has 0 aromatic carbocycles. The van der Waals surface area contributed by atoms with Crippen LogP contribution in [0.2, 0.25) is 0 Å². The number of rotatable bonds is 1. The molecule has 0 aromatic heterocycles. The van der Waals surface area contributed by atoms with E-state index >= 15 is 0 Å². The van der Waals surface area contributed by atoms with E-state index in [0.29, 0.717) is 0 Å². The lowest BCUT2D eigenvalue weighted by molar-refractivity contribution is -0.0321. The number of carbonyl (C=O) groups excluding carboxylic acids is 1. The Hall–Kier alpha value is -0.770. The Morgan fingerprint density at radius 1 is 1.29 bits per heavy atom. The quantitative estimate of drug-likeness (QED) is 0.656. The van der Waals surface area contributed by atoms with E-state index in [-0.39, 0.29) is 6.10 Å². The summed E-state index contributed by atoms with van der Waals surface area (Å²) in [7, 11) is 0. The Labute approximate surface area is 85.0 Å². The van der Waals surface area contributed by atoms with Crippen LogP contribution in [-0.4, -0.2) is 30.9 Å². The number of carbonyl (C=O) groups is 1. The molecule has 0 saturated carbocycles. The maximum absolute atomic E-state index is 11.3. The molecule has 0 radical (unpaired) electrons. The minimum Gasteiger partial charge on any atom is -0.431 e. The van der Waals surface area contributed by atoms with Gasteiger partial charge in [0.1, 0.15) is 11.7 Å². The van der Waals surface area contributed by atoms with Crippen LogP contribution in [0.15, 0.2) is 0 Å². The molecule has 0 bridgehead atoms. The fourth-order valence-electron chi connectivity index (χ4n) is 1.32. The molecule has 1 rings (SSSR count). The lowest BCUT2D eigenvalue weighted by Crippen LogP contribution is -2.35. The third-order valence-corrected chi connectivity index (χ3v) is 1.94. The van der Waals surface area contributed by atoms with Gasteiger partial charge in [0.05, 0.1) is 0 Å². The van der Waals surface area contributed by atoms with Gasteiger partial charge in [-0.15, -0.1) is 0 Å². The van der Waals surface area contributed by atoms with Crippen molar-refractivity contribution in [2.75, 3.05) is 13.1 Å². The predicted molar refractivity (Wildman–Crippen MR) is 53.2 cm³/mol. The van der Waals surface area contributed by atoms with Crippen LogP contribution in [0, 0.1) is 0 Å². The van der Waals surface area contributed by atoms with Gasteiger partial charge in [-0.2, -0.15) is 0 Å². The molecule has 14 heavy (non-hydrogen) atoms. The van der Waals surface area contributed by atoms with E-state index in [4.69, 9.17) is 9.47 Å². The zero-order chi connectivity index (χ0) is 10.6. The second-order valence-electron chi connectivity index (χ2n) is 4.53. The van der Waals surface area contributed by atoms with Crippen molar-refractivity contribution in [2.45, 2.75) is 45.3 Å². The van der Waals surface area contributed by atoms with Crippen LogP contribution < -0.4 is 5.32 Å². The lowest BCUT2D eigenvalue weighted by atomic mass is 10.1. The lowest BCUT2D eigenvalue weighted by Gasteiger charge is -2.25. The van der Waals surface area contributed by atoms with Crippen molar-refractivity contribution in [3.05, 3.63) is 0 Å². The van der Waals surface area contributed by atoms with Crippen molar-refractivity contribution in [1.82, 2.24) is 5.32 Å². The van der Waals surface area contributed by atoms with Crippen molar-refractivity contribution < 1.29 is 14.3 Å². The molecule has 1 aliphatic rings. The summed E-state index contributed by atoms with van der Waals surface area (Å²) in [6.07, 6.45) is 1.22. The SMILES string of the molecule is CC(C)(C)OC(=O)OC1CCNCC1. The van der Waals surface area contributed by atoms with Gasteiger partial charge in [0.25, 0.3) is 0 Å². The van der Waals surface area contributed by atoms with E-state index in [9.17, 15) is 4.79 Å². The number of nitrogens with one attached hydrogen (secondary N) is 1. The summed E-state index contributed by atoms with van der Waals surface area (Å²) in [6.45, 7) is 7.31. The van der Waals surface area contributed by atoms with Crippen LogP contribution in [0.1, 0.15) is 33.6 Å². The summed E-state index contributed by atoms with van der Waals surface area (Å²) in [5.74, 6) is 0. The summed E-state index contributed by atoms with van der Waals surface area (Å²) < 4.78 is 10.2.